The van der Waals surface area contributed by atoms with E-state index in [1.54, 1.807) is 12.4 Å². The van der Waals surface area contributed by atoms with Gasteiger partial charge in [0.1, 0.15) is 5.82 Å². The summed E-state index contributed by atoms with van der Waals surface area (Å²) in [5.74, 6) is 0.972. The number of unbranched alkanes of at least 4 members (excludes halogenated alkanes) is 1. The standard InChI is InChI=1S/C9H11N3/c1-2-12-8-7-11-9(12)5-3-4-6-10/h2,7-8H,1,3-5H2. The van der Waals surface area contributed by atoms with Crippen LogP contribution >= 0.6 is 0 Å². The molecule has 0 aliphatic rings. The Morgan fingerprint density at radius 3 is 3.25 bits per heavy atom. The first-order valence-electron chi connectivity index (χ1n) is 3.89. The minimum Gasteiger partial charge on any atom is -0.311 e. The van der Waals surface area contributed by atoms with Gasteiger partial charge in [-0.15, -0.1) is 0 Å². The average molecular weight is 161 g/mol. The number of imidazole rings is 1. The lowest BCUT2D eigenvalue weighted by atomic mass is 10.2. The van der Waals surface area contributed by atoms with Crippen LogP contribution in [0.5, 0.6) is 0 Å². The van der Waals surface area contributed by atoms with Gasteiger partial charge in [-0.05, 0) is 6.42 Å². The van der Waals surface area contributed by atoms with Crippen LogP contribution in [-0.4, -0.2) is 9.55 Å². The zero-order valence-corrected chi connectivity index (χ0v) is 6.90. The molecule has 3 heteroatoms. The van der Waals surface area contributed by atoms with Crippen LogP contribution in [0, 0.1) is 11.3 Å². The van der Waals surface area contributed by atoms with Gasteiger partial charge in [-0.25, -0.2) is 4.98 Å². The second-order valence-corrected chi connectivity index (χ2v) is 2.44. The van der Waals surface area contributed by atoms with Gasteiger partial charge >= 0.3 is 0 Å². The van der Waals surface area contributed by atoms with E-state index < -0.39 is 0 Å². The summed E-state index contributed by atoms with van der Waals surface area (Å²) < 4.78 is 1.87. The average Bonchev–Trinajstić information content (AvgIpc) is 2.52. The maximum Gasteiger partial charge on any atom is 0.112 e. The lowest BCUT2D eigenvalue weighted by Gasteiger charge is -1.98. The molecule has 1 rings (SSSR count). The van der Waals surface area contributed by atoms with E-state index in [9.17, 15) is 0 Å². The highest BCUT2D eigenvalue weighted by atomic mass is 15.0. The number of aromatic nitrogens is 2. The molecule has 0 aliphatic carbocycles. The highest BCUT2D eigenvalue weighted by molar-refractivity contribution is 5.19. The number of nitrogens with zero attached hydrogens (tertiary/aromatic N) is 3. The molecule has 1 aromatic rings. The molecule has 0 saturated heterocycles. The summed E-state index contributed by atoms with van der Waals surface area (Å²) in [7, 11) is 0. The molecule has 0 N–H and O–H groups in total. The molecule has 0 amide bonds. The summed E-state index contributed by atoms with van der Waals surface area (Å²) in [5.41, 5.74) is 0. The largest absolute Gasteiger partial charge is 0.311 e. The predicted octanol–water partition coefficient (Wildman–Crippen LogP) is 1.83. The van der Waals surface area contributed by atoms with Crippen LogP contribution in [0.25, 0.3) is 6.20 Å². The highest BCUT2D eigenvalue weighted by Gasteiger charge is 1.98. The molecule has 0 radical (unpaired) electrons. The number of nitriles is 1. The van der Waals surface area contributed by atoms with E-state index in [0.717, 1.165) is 18.7 Å². The molecule has 0 aromatic carbocycles. The molecular weight excluding hydrogens is 150 g/mol. The molecule has 3 nitrogen and oxygen atoms in total. The lowest BCUT2D eigenvalue weighted by molar-refractivity contribution is 0.784. The van der Waals surface area contributed by atoms with Crippen molar-refractivity contribution in [2.45, 2.75) is 19.3 Å². The van der Waals surface area contributed by atoms with E-state index in [1.807, 2.05) is 10.8 Å². The molecule has 0 aliphatic heterocycles. The quantitative estimate of drug-likeness (QED) is 0.632. The summed E-state index contributed by atoms with van der Waals surface area (Å²) in [6, 6.07) is 2.10. The Balaban J connectivity index is 2.51. The van der Waals surface area contributed by atoms with Gasteiger partial charge in [0.25, 0.3) is 0 Å². The third kappa shape index (κ3) is 1.96. The van der Waals surface area contributed by atoms with E-state index in [0.29, 0.717) is 6.42 Å². The van der Waals surface area contributed by atoms with Crippen molar-refractivity contribution in [2.24, 2.45) is 0 Å². The molecule has 0 bridgehead atoms. The Hall–Kier alpha value is -1.56. The normalized spacial score (nSPS) is 9.25. The van der Waals surface area contributed by atoms with Crippen LogP contribution in [0.3, 0.4) is 0 Å². The number of rotatable bonds is 4. The predicted molar refractivity (Wildman–Crippen MR) is 47.2 cm³/mol. The van der Waals surface area contributed by atoms with Crippen molar-refractivity contribution >= 4 is 6.20 Å². The smallest absolute Gasteiger partial charge is 0.112 e. The Kier molecular flexibility index (Phi) is 3.09. The summed E-state index contributed by atoms with van der Waals surface area (Å²) >= 11 is 0. The molecule has 62 valence electrons. The summed E-state index contributed by atoms with van der Waals surface area (Å²) in [6.07, 6.45) is 7.60. The van der Waals surface area contributed by atoms with Gasteiger partial charge < -0.3 is 4.57 Å². The minimum absolute atomic E-state index is 0.587. The van der Waals surface area contributed by atoms with Gasteiger partial charge in [-0.1, -0.05) is 6.58 Å². The Morgan fingerprint density at radius 1 is 1.75 bits per heavy atom. The van der Waals surface area contributed by atoms with Crippen molar-refractivity contribution in [1.82, 2.24) is 9.55 Å². The third-order valence-electron chi connectivity index (χ3n) is 1.63. The van der Waals surface area contributed by atoms with Crippen molar-refractivity contribution in [1.29, 1.82) is 5.26 Å². The fourth-order valence-electron chi connectivity index (χ4n) is 1.03. The first kappa shape index (κ1) is 8.54. The van der Waals surface area contributed by atoms with Crippen LogP contribution in [0.15, 0.2) is 19.0 Å². The number of aryl methyl sites for hydroxylation is 1. The van der Waals surface area contributed by atoms with E-state index in [2.05, 4.69) is 17.6 Å². The fraction of sp³-hybridized carbons (Fsp3) is 0.333. The van der Waals surface area contributed by atoms with Gasteiger partial charge in [0.05, 0.1) is 6.07 Å². The van der Waals surface area contributed by atoms with Gasteiger partial charge in [0.15, 0.2) is 0 Å². The third-order valence-corrected chi connectivity index (χ3v) is 1.63. The van der Waals surface area contributed by atoms with Crippen LogP contribution in [0.4, 0.5) is 0 Å². The molecule has 0 saturated carbocycles. The van der Waals surface area contributed by atoms with Crippen molar-refractivity contribution in [3.8, 4) is 6.07 Å². The van der Waals surface area contributed by atoms with Crippen molar-refractivity contribution in [2.75, 3.05) is 0 Å². The summed E-state index contributed by atoms with van der Waals surface area (Å²) in [4.78, 5) is 4.14. The summed E-state index contributed by atoms with van der Waals surface area (Å²) in [5, 5.41) is 8.32. The monoisotopic (exact) mass is 161 g/mol. The lowest BCUT2D eigenvalue weighted by Crippen LogP contribution is -1.95. The highest BCUT2D eigenvalue weighted by Crippen LogP contribution is 2.02. The van der Waals surface area contributed by atoms with Crippen molar-refractivity contribution < 1.29 is 0 Å². The number of hydrogen-bond donors (Lipinski definition) is 0. The molecular formula is C9H11N3. The van der Waals surface area contributed by atoms with Gasteiger partial charge in [-0.2, -0.15) is 5.26 Å². The van der Waals surface area contributed by atoms with E-state index in [4.69, 9.17) is 5.26 Å². The van der Waals surface area contributed by atoms with Crippen LogP contribution in [0.2, 0.25) is 0 Å². The minimum atomic E-state index is 0.587. The van der Waals surface area contributed by atoms with Gasteiger partial charge in [0, 0.05) is 31.4 Å². The van der Waals surface area contributed by atoms with Crippen molar-refractivity contribution in [3.63, 3.8) is 0 Å². The van der Waals surface area contributed by atoms with Gasteiger partial charge in [-0.3, -0.25) is 0 Å². The Morgan fingerprint density at radius 2 is 2.58 bits per heavy atom. The summed E-state index contributed by atoms with van der Waals surface area (Å²) in [6.45, 7) is 3.65. The van der Waals surface area contributed by atoms with Crippen molar-refractivity contribution in [3.05, 3.63) is 24.8 Å². The van der Waals surface area contributed by atoms with E-state index >= 15 is 0 Å². The Bertz CT molecular complexity index is 293. The molecule has 1 aromatic heterocycles. The SMILES string of the molecule is C=Cn1ccnc1CCCC#N. The fourth-order valence-corrected chi connectivity index (χ4v) is 1.03. The van der Waals surface area contributed by atoms with Crippen LogP contribution in [0.1, 0.15) is 18.7 Å². The number of hydrogen-bond acceptors (Lipinski definition) is 2. The second-order valence-electron chi connectivity index (χ2n) is 2.44. The molecule has 0 atom stereocenters. The van der Waals surface area contributed by atoms with E-state index in [1.165, 1.54) is 0 Å². The molecule has 12 heavy (non-hydrogen) atoms. The zero-order chi connectivity index (χ0) is 8.81. The van der Waals surface area contributed by atoms with E-state index in [-0.39, 0.29) is 0 Å². The maximum absolute atomic E-state index is 8.32. The van der Waals surface area contributed by atoms with Gasteiger partial charge in [0.2, 0.25) is 0 Å². The molecule has 0 spiro atoms. The van der Waals surface area contributed by atoms with Crippen LogP contribution < -0.4 is 0 Å². The van der Waals surface area contributed by atoms with Crippen LogP contribution in [-0.2, 0) is 6.42 Å². The maximum atomic E-state index is 8.32. The first-order valence-corrected chi connectivity index (χ1v) is 3.89. The second kappa shape index (κ2) is 4.35. The topological polar surface area (TPSA) is 41.6 Å². The first-order chi connectivity index (χ1) is 5.88. The Labute approximate surface area is 72.0 Å². The zero-order valence-electron chi connectivity index (χ0n) is 6.90. The molecule has 0 fully saturated rings. The molecule has 1 heterocycles. The molecule has 0 unspecified atom stereocenters.